The lowest BCUT2D eigenvalue weighted by atomic mass is 9.76. The second kappa shape index (κ2) is 8.31. The van der Waals surface area contributed by atoms with Gasteiger partial charge in [-0.15, -0.1) is 0 Å². The maximum atomic E-state index is 14.2. The zero-order chi connectivity index (χ0) is 25.0. The number of aryl methyl sites for hydroxylation is 1. The summed E-state index contributed by atoms with van der Waals surface area (Å²) in [5, 5.41) is 9.50. The van der Waals surface area contributed by atoms with Crippen molar-refractivity contribution in [3.05, 3.63) is 82.4 Å². The zero-order valence-electron chi connectivity index (χ0n) is 19.8. The van der Waals surface area contributed by atoms with Crippen LogP contribution in [0.5, 0.6) is 11.5 Å². The van der Waals surface area contributed by atoms with Crippen molar-refractivity contribution in [1.29, 1.82) is 0 Å². The second-order valence-corrected chi connectivity index (χ2v) is 10.2. The molecule has 2 aliphatic rings. The Morgan fingerprint density at radius 2 is 1.91 bits per heavy atom. The lowest BCUT2D eigenvalue weighted by Crippen LogP contribution is -2.37. The fraction of sp³-hybridized carbons (Fsp3) is 0.286. The third kappa shape index (κ3) is 4.02. The van der Waals surface area contributed by atoms with Crippen LogP contribution < -0.4 is 14.4 Å². The van der Waals surface area contributed by atoms with E-state index in [1.807, 2.05) is 31.2 Å². The fourth-order valence-electron chi connectivity index (χ4n) is 4.91. The molecule has 0 aromatic heterocycles. The van der Waals surface area contributed by atoms with Gasteiger partial charge in [-0.05, 0) is 86.7 Å². The Morgan fingerprint density at radius 3 is 2.69 bits per heavy atom. The molecule has 1 amide bonds. The largest absolute Gasteiger partial charge is 0.488 e. The van der Waals surface area contributed by atoms with Crippen LogP contribution in [0.2, 0.25) is 5.02 Å². The molecular formula is C28H26ClNO5. The predicted octanol–water partition coefficient (Wildman–Crippen LogP) is 5.89. The van der Waals surface area contributed by atoms with Crippen molar-refractivity contribution in [3.8, 4) is 11.5 Å². The molecule has 3 aromatic rings. The molecule has 0 fully saturated rings. The van der Waals surface area contributed by atoms with E-state index in [1.54, 1.807) is 35.2 Å². The predicted molar refractivity (Wildman–Crippen MR) is 134 cm³/mol. The van der Waals surface area contributed by atoms with Crippen molar-refractivity contribution >= 4 is 34.9 Å². The summed E-state index contributed by atoms with van der Waals surface area (Å²) in [7, 11) is 0. The Hall–Kier alpha value is -3.51. The minimum Gasteiger partial charge on any atom is -0.488 e. The van der Waals surface area contributed by atoms with Gasteiger partial charge >= 0.3 is 5.97 Å². The number of hydrogen-bond acceptors (Lipinski definition) is 4. The van der Waals surface area contributed by atoms with E-state index in [0.29, 0.717) is 16.5 Å². The van der Waals surface area contributed by atoms with Gasteiger partial charge in [0.25, 0.3) is 0 Å². The van der Waals surface area contributed by atoms with Crippen LogP contribution in [-0.4, -0.2) is 29.2 Å². The number of benzene rings is 3. The van der Waals surface area contributed by atoms with Crippen molar-refractivity contribution in [2.45, 2.75) is 44.6 Å². The van der Waals surface area contributed by atoms with Gasteiger partial charge < -0.3 is 14.6 Å². The first-order chi connectivity index (χ1) is 16.6. The molecule has 35 heavy (non-hydrogen) atoms. The lowest BCUT2D eigenvalue weighted by molar-refractivity contribution is -0.139. The highest BCUT2D eigenvalue weighted by Gasteiger charge is 2.49. The van der Waals surface area contributed by atoms with Crippen LogP contribution in [0.25, 0.3) is 0 Å². The molecule has 0 unspecified atom stereocenters. The Labute approximate surface area is 209 Å². The van der Waals surface area contributed by atoms with E-state index in [0.717, 1.165) is 41.0 Å². The molecule has 0 saturated carbocycles. The quantitative estimate of drug-likeness (QED) is 0.481. The van der Waals surface area contributed by atoms with Gasteiger partial charge in [-0.25, -0.2) is 4.79 Å². The molecule has 0 radical (unpaired) electrons. The lowest BCUT2D eigenvalue weighted by Gasteiger charge is -2.34. The van der Waals surface area contributed by atoms with Crippen LogP contribution in [0.15, 0.2) is 60.7 Å². The molecule has 0 saturated heterocycles. The molecule has 0 bridgehead atoms. The van der Waals surface area contributed by atoms with Crippen molar-refractivity contribution in [1.82, 2.24) is 0 Å². The van der Waals surface area contributed by atoms with Gasteiger partial charge in [-0.1, -0.05) is 29.8 Å². The number of fused-ring (bicyclic) bond motifs is 2. The average molecular weight is 492 g/mol. The number of nitrogens with zero attached hydrogens (tertiary/aromatic N) is 1. The molecule has 7 heteroatoms. The molecule has 5 rings (SSSR count). The fourth-order valence-corrected chi connectivity index (χ4v) is 5.09. The minimum atomic E-state index is -1.07. The smallest absolute Gasteiger partial charge is 0.341 e. The molecule has 0 aliphatic carbocycles. The topological polar surface area (TPSA) is 76.1 Å². The summed E-state index contributed by atoms with van der Waals surface area (Å²) in [6.07, 6.45) is 1.77. The Kier molecular flexibility index (Phi) is 5.52. The van der Waals surface area contributed by atoms with E-state index in [4.69, 9.17) is 26.2 Å². The van der Waals surface area contributed by atoms with Gasteiger partial charge in [0.1, 0.15) is 17.1 Å². The highest BCUT2D eigenvalue weighted by atomic mass is 35.5. The van der Waals surface area contributed by atoms with E-state index >= 15 is 0 Å². The average Bonchev–Trinajstić information content (AvgIpc) is 3.04. The molecule has 0 spiro atoms. The van der Waals surface area contributed by atoms with Crippen LogP contribution in [0.4, 0.5) is 11.4 Å². The molecule has 1 atom stereocenters. The molecule has 2 heterocycles. The van der Waals surface area contributed by atoms with E-state index < -0.39 is 18.0 Å². The third-order valence-electron chi connectivity index (χ3n) is 6.83. The van der Waals surface area contributed by atoms with Gasteiger partial charge in [0, 0.05) is 11.1 Å². The van der Waals surface area contributed by atoms with E-state index in [1.165, 1.54) is 0 Å². The molecule has 6 nitrogen and oxygen atoms in total. The first kappa shape index (κ1) is 23.2. The number of carboxylic acid groups (broad SMARTS) is 1. The second-order valence-electron chi connectivity index (χ2n) is 9.79. The zero-order valence-corrected chi connectivity index (χ0v) is 20.6. The third-order valence-corrected chi connectivity index (χ3v) is 7.06. The number of carboxylic acids is 1. The van der Waals surface area contributed by atoms with E-state index in [9.17, 15) is 9.59 Å². The summed E-state index contributed by atoms with van der Waals surface area (Å²) < 4.78 is 11.5. The molecule has 1 N–H and O–H groups in total. The summed E-state index contributed by atoms with van der Waals surface area (Å²) in [6.45, 7) is 5.62. The van der Waals surface area contributed by atoms with Crippen LogP contribution in [0, 0.1) is 0 Å². The number of hydrogen-bond donors (Lipinski definition) is 1. The standard InChI is InChI=1S/C28H26ClNO5/c1-27(2)12-11-17-13-18(7-10-24(17)35-27)28(3)22-14-19(29)8-9-23(22)30(26(28)33)20-5-4-6-21(15-20)34-16-25(31)32/h4-10,13-15H,11-12,16H2,1-3H3,(H,31,32)/t28-/m0/s1. The van der Waals surface area contributed by atoms with Gasteiger partial charge in [0.15, 0.2) is 6.61 Å². The normalized spacial score (nSPS) is 20.1. The van der Waals surface area contributed by atoms with Gasteiger partial charge in [-0.2, -0.15) is 0 Å². The maximum Gasteiger partial charge on any atom is 0.341 e. The van der Waals surface area contributed by atoms with Crippen molar-refractivity contribution in [2.75, 3.05) is 11.5 Å². The van der Waals surface area contributed by atoms with E-state index in [-0.39, 0.29) is 11.5 Å². The summed E-state index contributed by atoms with van der Waals surface area (Å²) in [5.41, 5.74) is 2.90. The first-order valence-corrected chi connectivity index (χ1v) is 11.9. The number of carbonyl (C=O) groups excluding carboxylic acids is 1. The van der Waals surface area contributed by atoms with Crippen LogP contribution in [0.3, 0.4) is 0 Å². The number of carbonyl (C=O) groups is 2. The Bertz CT molecular complexity index is 1350. The number of amides is 1. The summed E-state index contributed by atoms with van der Waals surface area (Å²) >= 11 is 6.40. The molecular weight excluding hydrogens is 466 g/mol. The number of rotatable bonds is 5. The van der Waals surface area contributed by atoms with Crippen LogP contribution in [0.1, 0.15) is 43.9 Å². The van der Waals surface area contributed by atoms with Gasteiger partial charge in [0.2, 0.25) is 5.91 Å². The number of ether oxygens (including phenoxy) is 2. The monoisotopic (exact) mass is 491 g/mol. The van der Waals surface area contributed by atoms with Crippen molar-refractivity contribution in [2.24, 2.45) is 0 Å². The Balaban J connectivity index is 1.59. The SMILES string of the molecule is CC1(C)CCc2cc([C@]3(C)C(=O)N(c4cccc(OCC(=O)O)c4)c4ccc(Cl)cc43)ccc2O1. The summed E-state index contributed by atoms with van der Waals surface area (Å²) in [6, 6.07) is 18.3. The minimum absolute atomic E-state index is 0.123. The number of halogens is 1. The van der Waals surface area contributed by atoms with Crippen molar-refractivity contribution in [3.63, 3.8) is 0 Å². The first-order valence-electron chi connectivity index (χ1n) is 11.5. The summed E-state index contributed by atoms with van der Waals surface area (Å²) in [4.78, 5) is 26.7. The highest BCUT2D eigenvalue weighted by Crippen LogP contribution is 2.51. The van der Waals surface area contributed by atoms with E-state index in [2.05, 4.69) is 19.9 Å². The molecule has 180 valence electrons. The number of anilines is 2. The van der Waals surface area contributed by atoms with Crippen LogP contribution >= 0.6 is 11.6 Å². The molecule has 3 aromatic carbocycles. The highest BCUT2D eigenvalue weighted by molar-refractivity contribution is 6.31. The van der Waals surface area contributed by atoms with Crippen molar-refractivity contribution < 1.29 is 24.2 Å². The Morgan fingerprint density at radius 1 is 1.11 bits per heavy atom. The molecule has 2 aliphatic heterocycles. The number of aliphatic carboxylic acids is 1. The summed E-state index contributed by atoms with van der Waals surface area (Å²) in [5.74, 6) is 0.0306. The van der Waals surface area contributed by atoms with Gasteiger partial charge in [0.05, 0.1) is 16.8 Å². The van der Waals surface area contributed by atoms with Gasteiger partial charge in [-0.3, -0.25) is 9.69 Å². The van der Waals surface area contributed by atoms with Crippen LogP contribution in [-0.2, 0) is 21.4 Å². The maximum absolute atomic E-state index is 14.2.